The molecule has 2 rings (SSSR count). The summed E-state index contributed by atoms with van der Waals surface area (Å²) in [5.41, 5.74) is 18.8. The average molecular weight is 310 g/mol. The van der Waals surface area contributed by atoms with Crippen LogP contribution in [0.25, 0.3) is 0 Å². The molecule has 118 valence electrons. The molecule has 0 aliphatic carbocycles. The molecule has 0 spiro atoms. The Hall–Kier alpha value is -3.35. The van der Waals surface area contributed by atoms with Gasteiger partial charge in [-0.2, -0.15) is 4.99 Å². The summed E-state index contributed by atoms with van der Waals surface area (Å²) >= 11 is 0. The Bertz CT molecular complexity index is 763. The zero-order valence-corrected chi connectivity index (χ0v) is 12.7. The molecule has 0 saturated heterocycles. The number of carbonyl (C=O) groups excluding carboxylic acids is 1. The number of nitrogens with one attached hydrogen (secondary N) is 1. The van der Waals surface area contributed by atoms with Crippen LogP contribution in [0.4, 0.5) is 11.4 Å². The van der Waals surface area contributed by atoms with Crippen LogP contribution >= 0.6 is 0 Å². The monoisotopic (exact) mass is 310 g/mol. The minimum absolute atomic E-state index is 0.0366. The van der Waals surface area contributed by atoms with E-state index in [2.05, 4.69) is 15.3 Å². The summed E-state index contributed by atoms with van der Waals surface area (Å²) < 4.78 is 0. The standard InChI is InChI=1S/C16H18N6O/c1-10-9-12(20-16(19)22-15(17)18)7-8-13(10)21-14(23)11-5-3-2-4-6-11/h2-9H,1H3,(H,21,23)(H6,17,18,19,20,22). The van der Waals surface area contributed by atoms with Gasteiger partial charge < -0.3 is 22.5 Å². The molecule has 0 heterocycles. The number of rotatable bonds is 3. The smallest absolute Gasteiger partial charge is 0.255 e. The van der Waals surface area contributed by atoms with E-state index in [0.717, 1.165) is 5.56 Å². The van der Waals surface area contributed by atoms with E-state index < -0.39 is 0 Å². The highest BCUT2D eigenvalue weighted by Crippen LogP contribution is 2.22. The first kappa shape index (κ1) is 16.0. The lowest BCUT2D eigenvalue weighted by molar-refractivity contribution is 0.102. The van der Waals surface area contributed by atoms with Crippen molar-refractivity contribution in [1.29, 1.82) is 0 Å². The summed E-state index contributed by atoms with van der Waals surface area (Å²) in [6.07, 6.45) is 0. The molecular weight excluding hydrogens is 292 g/mol. The van der Waals surface area contributed by atoms with Gasteiger partial charge in [-0.1, -0.05) is 18.2 Å². The van der Waals surface area contributed by atoms with Gasteiger partial charge in [-0.05, 0) is 42.8 Å². The first-order valence-corrected chi connectivity index (χ1v) is 6.86. The van der Waals surface area contributed by atoms with Crippen molar-refractivity contribution in [2.24, 2.45) is 27.2 Å². The van der Waals surface area contributed by atoms with Gasteiger partial charge in [-0.3, -0.25) is 4.79 Å². The maximum absolute atomic E-state index is 12.1. The first-order chi connectivity index (χ1) is 11.0. The second-order valence-corrected chi connectivity index (χ2v) is 4.83. The van der Waals surface area contributed by atoms with Gasteiger partial charge in [-0.15, -0.1) is 0 Å². The Balaban J connectivity index is 2.17. The van der Waals surface area contributed by atoms with Crippen LogP contribution in [-0.2, 0) is 0 Å². The number of aliphatic imine (C=N–C) groups is 2. The predicted octanol–water partition coefficient (Wildman–Crippen LogP) is 1.47. The van der Waals surface area contributed by atoms with Gasteiger partial charge in [0.2, 0.25) is 5.96 Å². The number of aryl methyl sites for hydroxylation is 1. The molecule has 23 heavy (non-hydrogen) atoms. The lowest BCUT2D eigenvalue weighted by Gasteiger charge is -2.09. The lowest BCUT2D eigenvalue weighted by Crippen LogP contribution is -2.26. The molecule has 0 saturated carbocycles. The molecule has 0 aliphatic rings. The summed E-state index contributed by atoms with van der Waals surface area (Å²) in [7, 11) is 0. The van der Waals surface area contributed by atoms with Crippen LogP contribution in [0.5, 0.6) is 0 Å². The Morgan fingerprint density at radius 2 is 1.74 bits per heavy atom. The van der Waals surface area contributed by atoms with E-state index >= 15 is 0 Å². The summed E-state index contributed by atoms with van der Waals surface area (Å²) in [6, 6.07) is 14.2. The third kappa shape index (κ3) is 4.57. The third-order valence-electron chi connectivity index (χ3n) is 2.98. The highest BCUT2D eigenvalue weighted by molar-refractivity contribution is 6.04. The SMILES string of the molecule is Cc1cc(N=C(N)N=C(N)N)ccc1NC(=O)c1ccccc1. The number of carbonyl (C=O) groups is 1. The third-order valence-corrected chi connectivity index (χ3v) is 2.98. The quantitative estimate of drug-likeness (QED) is 0.504. The van der Waals surface area contributed by atoms with Crippen molar-refractivity contribution < 1.29 is 4.79 Å². The van der Waals surface area contributed by atoms with E-state index in [1.807, 2.05) is 25.1 Å². The predicted molar refractivity (Wildman–Crippen MR) is 92.7 cm³/mol. The molecule has 0 fully saturated rings. The highest BCUT2D eigenvalue weighted by Gasteiger charge is 2.07. The summed E-state index contributed by atoms with van der Waals surface area (Å²) in [5.74, 6) is -0.370. The van der Waals surface area contributed by atoms with Crippen molar-refractivity contribution in [3.05, 3.63) is 59.7 Å². The number of benzene rings is 2. The largest absolute Gasteiger partial charge is 0.370 e. The van der Waals surface area contributed by atoms with E-state index in [0.29, 0.717) is 16.9 Å². The number of hydrogen-bond donors (Lipinski definition) is 4. The Morgan fingerprint density at radius 3 is 2.35 bits per heavy atom. The topological polar surface area (TPSA) is 132 Å². The van der Waals surface area contributed by atoms with Gasteiger partial charge in [0, 0.05) is 11.3 Å². The molecule has 2 aromatic carbocycles. The van der Waals surface area contributed by atoms with Crippen molar-refractivity contribution in [3.63, 3.8) is 0 Å². The molecular formula is C16H18N6O. The molecule has 0 atom stereocenters. The van der Waals surface area contributed by atoms with Crippen LogP contribution in [-0.4, -0.2) is 17.8 Å². The molecule has 0 radical (unpaired) electrons. The van der Waals surface area contributed by atoms with Gasteiger partial charge in [0.15, 0.2) is 5.96 Å². The Kier molecular flexibility index (Phi) is 4.93. The Labute approximate surface area is 133 Å². The van der Waals surface area contributed by atoms with Crippen molar-refractivity contribution >= 4 is 29.2 Å². The summed E-state index contributed by atoms with van der Waals surface area (Å²) in [4.78, 5) is 19.9. The maximum Gasteiger partial charge on any atom is 0.255 e. The molecule has 7 nitrogen and oxygen atoms in total. The second kappa shape index (κ2) is 7.08. The zero-order valence-electron chi connectivity index (χ0n) is 12.7. The number of hydrogen-bond acceptors (Lipinski definition) is 2. The van der Waals surface area contributed by atoms with Gasteiger partial charge in [0.25, 0.3) is 5.91 Å². The molecule has 0 aliphatic heterocycles. The highest BCUT2D eigenvalue weighted by atomic mass is 16.1. The zero-order chi connectivity index (χ0) is 16.8. The van der Waals surface area contributed by atoms with Crippen molar-refractivity contribution in [1.82, 2.24) is 0 Å². The van der Waals surface area contributed by atoms with Crippen LogP contribution in [0, 0.1) is 6.92 Å². The minimum atomic E-state index is -0.176. The average Bonchev–Trinajstić information content (AvgIpc) is 2.50. The number of amides is 1. The number of nitrogens with zero attached hydrogens (tertiary/aromatic N) is 2. The van der Waals surface area contributed by atoms with Crippen LogP contribution in [0.1, 0.15) is 15.9 Å². The van der Waals surface area contributed by atoms with E-state index in [1.54, 1.807) is 30.3 Å². The van der Waals surface area contributed by atoms with Gasteiger partial charge in [0.1, 0.15) is 0 Å². The fourth-order valence-electron chi connectivity index (χ4n) is 1.93. The van der Waals surface area contributed by atoms with Crippen LogP contribution in [0.3, 0.4) is 0 Å². The number of guanidine groups is 2. The van der Waals surface area contributed by atoms with Crippen molar-refractivity contribution in [3.8, 4) is 0 Å². The van der Waals surface area contributed by atoms with Crippen LogP contribution in [0.2, 0.25) is 0 Å². The van der Waals surface area contributed by atoms with Crippen LogP contribution in [0.15, 0.2) is 58.5 Å². The maximum atomic E-state index is 12.1. The Morgan fingerprint density at radius 1 is 1.04 bits per heavy atom. The molecule has 2 aromatic rings. The van der Waals surface area contributed by atoms with Crippen molar-refractivity contribution in [2.75, 3.05) is 5.32 Å². The molecule has 0 bridgehead atoms. The van der Waals surface area contributed by atoms with E-state index in [9.17, 15) is 4.79 Å². The molecule has 1 amide bonds. The molecule has 7 heteroatoms. The first-order valence-electron chi connectivity index (χ1n) is 6.86. The van der Waals surface area contributed by atoms with Crippen molar-refractivity contribution in [2.45, 2.75) is 6.92 Å². The van der Waals surface area contributed by atoms with Gasteiger partial charge >= 0.3 is 0 Å². The lowest BCUT2D eigenvalue weighted by atomic mass is 10.1. The summed E-state index contributed by atoms with van der Waals surface area (Å²) in [5, 5.41) is 2.85. The van der Waals surface area contributed by atoms with Gasteiger partial charge in [0.05, 0.1) is 5.69 Å². The normalized spacial score (nSPS) is 10.9. The van der Waals surface area contributed by atoms with Gasteiger partial charge in [-0.25, -0.2) is 4.99 Å². The minimum Gasteiger partial charge on any atom is -0.370 e. The molecule has 7 N–H and O–H groups in total. The number of nitrogens with two attached hydrogens (primary N) is 3. The molecule has 0 aromatic heterocycles. The van der Waals surface area contributed by atoms with E-state index in [-0.39, 0.29) is 17.8 Å². The fourth-order valence-corrected chi connectivity index (χ4v) is 1.93. The van der Waals surface area contributed by atoms with Crippen LogP contribution < -0.4 is 22.5 Å². The number of anilines is 1. The molecule has 0 unspecified atom stereocenters. The van der Waals surface area contributed by atoms with E-state index in [4.69, 9.17) is 17.2 Å². The summed E-state index contributed by atoms with van der Waals surface area (Å²) in [6.45, 7) is 1.86. The fraction of sp³-hybridized carbons (Fsp3) is 0.0625. The van der Waals surface area contributed by atoms with E-state index in [1.165, 1.54) is 0 Å². The second-order valence-electron chi connectivity index (χ2n) is 4.83.